The predicted octanol–water partition coefficient (Wildman–Crippen LogP) is 3.92. The van der Waals surface area contributed by atoms with Gasteiger partial charge in [-0.15, -0.1) is 0 Å². The van der Waals surface area contributed by atoms with E-state index in [1.165, 1.54) is 20.0 Å². The summed E-state index contributed by atoms with van der Waals surface area (Å²) >= 11 is 0. The molecule has 0 N–H and O–H groups in total. The third-order valence-electron chi connectivity index (χ3n) is 3.94. The van der Waals surface area contributed by atoms with Gasteiger partial charge < -0.3 is 4.74 Å². The van der Waals surface area contributed by atoms with Crippen molar-refractivity contribution in [3.8, 4) is 5.75 Å². The first kappa shape index (κ1) is 14.0. The Morgan fingerprint density at radius 3 is 2.58 bits per heavy atom. The predicted molar refractivity (Wildman–Crippen MR) is 72.9 cm³/mol. The maximum Gasteiger partial charge on any atom is 0.168 e. The molecule has 1 fully saturated rings. The molecule has 0 spiro atoms. The van der Waals surface area contributed by atoms with Crippen LogP contribution in [-0.4, -0.2) is 12.9 Å². The molecule has 2 nitrogen and oxygen atoms in total. The van der Waals surface area contributed by atoms with E-state index in [-0.39, 0.29) is 23.9 Å². The standard InChI is InChI=1S/C16H21FO2/c1-19-15-10-6-9-13(16(15)17)11-14(18)12-7-4-2-3-5-8-12/h6,9-10,12H,2-5,7-8,11H2,1H3. The molecule has 0 radical (unpaired) electrons. The van der Waals surface area contributed by atoms with Crippen LogP contribution in [0.25, 0.3) is 0 Å². The van der Waals surface area contributed by atoms with Crippen molar-refractivity contribution in [1.29, 1.82) is 0 Å². The number of hydrogen-bond acceptors (Lipinski definition) is 2. The van der Waals surface area contributed by atoms with Crippen LogP contribution in [-0.2, 0) is 11.2 Å². The van der Waals surface area contributed by atoms with Crippen molar-refractivity contribution in [3.63, 3.8) is 0 Å². The van der Waals surface area contributed by atoms with Crippen molar-refractivity contribution < 1.29 is 13.9 Å². The van der Waals surface area contributed by atoms with Gasteiger partial charge in [-0.3, -0.25) is 4.79 Å². The van der Waals surface area contributed by atoms with Crippen LogP contribution in [0, 0.1) is 11.7 Å². The molecule has 0 aromatic heterocycles. The molecule has 1 saturated carbocycles. The second kappa shape index (κ2) is 6.69. The van der Waals surface area contributed by atoms with Crippen molar-refractivity contribution in [3.05, 3.63) is 29.6 Å². The van der Waals surface area contributed by atoms with Gasteiger partial charge in [0.2, 0.25) is 0 Å². The van der Waals surface area contributed by atoms with Crippen LogP contribution in [0.15, 0.2) is 18.2 Å². The Morgan fingerprint density at radius 2 is 1.95 bits per heavy atom. The summed E-state index contributed by atoms with van der Waals surface area (Å²) in [6.07, 6.45) is 6.80. The minimum absolute atomic E-state index is 0.119. The molecule has 0 amide bonds. The number of benzene rings is 1. The van der Waals surface area contributed by atoms with Crippen molar-refractivity contribution >= 4 is 5.78 Å². The van der Waals surface area contributed by atoms with Crippen molar-refractivity contribution in [2.45, 2.75) is 44.9 Å². The zero-order chi connectivity index (χ0) is 13.7. The van der Waals surface area contributed by atoms with E-state index in [0.717, 1.165) is 25.7 Å². The van der Waals surface area contributed by atoms with Crippen molar-refractivity contribution in [2.24, 2.45) is 5.92 Å². The number of carbonyl (C=O) groups is 1. The Kier molecular flexibility index (Phi) is 4.94. The summed E-state index contributed by atoms with van der Waals surface area (Å²) in [5, 5.41) is 0. The number of ether oxygens (including phenoxy) is 1. The van der Waals surface area contributed by atoms with Gasteiger partial charge in [0.1, 0.15) is 5.78 Å². The van der Waals surface area contributed by atoms with Crippen LogP contribution >= 0.6 is 0 Å². The Hall–Kier alpha value is -1.38. The number of hydrogen-bond donors (Lipinski definition) is 0. The lowest BCUT2D eigenvalue weighted by atomic mass is 9.91. The molecule has 3 heteroatoms. The third-order valence-corrected chi connectivity index (χ3v) is 3.94. The summed E-state index contributed by atoms with van der Waals surface area (Å²) in [6.45, 7) is 0. The highest BCUT2D eigenvalue weighted by molar-refractivity contribution is 5.83. The first-order valence-electron chi connectivity index (χ1n) is 7.06. The highest BCUT2D eigenvalue weighted by atomic mass is 19.1. The molecular weight excluding hydrogens is 243 g/mol. The lowest BCUT2D eigenvalue weighted by Crippen LogP contribution is -2.17. The Balaban J connectivity index is 2.05. The third kappa shape index (κ3) is 3.55. The van der Waals surface area contributed by atoms with Gasteiger partial charge in [0.25, 0.3) is 0 Å². The van der Waals surface area contributed by atoms with E-state index < -0.39 is 5.82 Å². The van der Waals surface area contributed by atoms with Gasteiger partial charge in [0.15, 0.2) is 11.6 Å². The highest BCUT2D eigenvalue weighted by Crippen LogP contribution is 2.26. The molecule has 0 saturated heterocycles. The van der Waals surface area contributed by atoms with Crippen LogP contribution < -0.4 is 4.74 Å². The molecule has 104 valence electrons. The summed E-state index contributed by atoms with van der Waals surface area (Å²) in [5.41, 5.74) is 0.452. The lowest BCUT2D eigenvalue weighted by molar-refractivity contribution is -0.122. The zero-order valence-electron chi connectivity index (χ0n) is 11.5. The van der Waals surface area contributed by atoms with Gasteiger partial charge >= 0.3 is 0 Å². The SMILES string of the molecule is COc1cccc(CC(=O)C2CCCCCC2)c1F. The van der Waals surface area contributed by atoms with E-state index in [4.69, 9.17) is 4.74 Å². The van der Waals surface area contributed by atoms with Gasteiger partial charge in [-0.2, -0.15) is 0 Å². The molecule has 0 aliphatic heterocycles. The number of Topliss-reactive ketones (excluding diaryl/α,β-unsaturated/α-hetero) is 1. The molecule has 1 aromatic rings. The Bertz CT molecular complexity index is 434. The van der Waals surface area contributed by atoms with Crippen LogP contribution in [0.4, 0.5) is 4.39 Å². The average Bonchev–Trinajstić information content (AvgIpc) is 2.70. The molecule has 0 heterocycles. The maximum absolute atomic E-state index is 14.0. The Morgan fingerprint density at radius 1 is 1.26 bits per heavy atom. The highest BCUT2D eigenvalue weighted by Gasteiger charge is 2.21. The molecule has 2 rings (SSSR count). The quantitative estimate of drug-likeness (QED) is 0.770. The van der Waals surface area contributed by atoms with E-state index in [1.54, 1.807) is 18.2 Å². The van der Waals surface area contributed by atoms with E-state index in [1.807, 2.05) is 0 Å². The number of ketones is 1. The lowest BCUT2D eigenvalue weighted by Gasteiger charge is -2.13. The molecule has 1 aromatic carbocycles. The van der Waals surface area contributed by atoms with E-state index in [9.17, 15) is 9.18 Å². The minimum atomic E-state index is -0.396. The summed E-state index contributed by atoms with van der Waals surface area (Å²) in [5.74, 6) is 0.111. The fraction of sp³-hybridized carbons (Fsp3) is 0.562. The van der Waals surface area contributed by atoms with Crippen LogP contribution in [0.1, 0.15) is 44.1 Å². The summed E-state index contributed by atoms with van der Waals surface area (Å²) in [7, 11) is 1.44. The molecular formula is C16H21FO2. The van der Waals surface area contributed by atoms with Gasteiger partial charge in [-0.05, 0) is 24.5 Å². The summed E-state index contributed by atoms with van der Waals surface area (Å²) in [4.78, 5) is 12.3. The normalized spacial score (nSPS) is 16.9. The maximum atomic E-state index is 14.0. The fourth-order valence-corrected chi connectivity index (χ4v) is 2.78. The average molecular weight is 264 g/mol. The van der Waals surface area contributed by atoms with Crippen molar-refractivity contribution in [1.82, 2.24) is 0 Å². The summed E-state index contributed by atoms with van der Waals surface area (Å²) in [6, 6.07) is 4.99. The number of carbonyl (C=O) groups excluding carboxylic acids is 1. The fourth-order valence-electron chi connectivity index (χ4n) is 2.78. The zero-order valence-corrected chi connectivity index (χ0v) is 11.5. The molecule has 1 aliphatic rings. The topological polar surface area (TPSA) is 26.3 Å². The Labute approximate surface area is 114 Å². The first-order chi connectivity index (χ1) is 9.22. The molecule has 19 heavy (non-hydrogen) atoms. The van der Waals surface area contributed by atoms with Crippen LogP contribution in [0.3, 0.4) is 0 Å². The molecule has 1 aliphatic carbocycles. The summed E-state index contributed by atoms with van der Waals surface area (Å²) < 4.78 is 18.9. The van der Waals surface area contributed by atoms with Gasteiger partial charge in [-0.1, -0.05) is 37.8 Å². The van der Waals surface area contributed by atoms with E-state index >= 15 is 0 Å². The second-order valence-electron chi connectivity index (χ2n) is 5.26. The van der Waals surface area contributed by atoms with Crippen molar-refractivity contribution in [2.75, 3.05) is 7.11 Å². The molecule has 0 bridgehead atoms. The molecule has 0 atom stereocenters. The van der Waals surface area contributed by atoms with E-state index in [2.05, 4.69) is 0 Å². The largest absolute Gasteiger partial charge is 0.494 e. The molecule has 0 unspecified atom stereocenters. The van der Waals surface area contributed by atoms with Crippen LogP contribution in [0.5, 0.6) is 5.75 Å². The monoisotopic (exact) mass is 264 g/mol. The van der Waals surface area contributed by atoms with Crippen LogP contribution in [0.2, 0.25) is 0 Å². The van der Waals surface area contributed by atoms with Gasteiger partial charge in [-0.25, -0.2) is 4.39 Å². The van der Waals surface area contributed by atoms with Gasteiger partial charge in [0.05, 0.1) is 7.11 Å². The minimum Gasteiger partial charge on any atom is -0.494 e. The first-order valence-corrected chi connectivity index (χ1v) is 7.06. The number of halogens is 1. The van der Waals surface area contributed by atoms with Gasteiger partial charge in [0, 0.05) is 12.3 Å². The number of rotatable bonds is 4. The van der Waals surface area contributed by atoms with E-state index in [0.29, 0.717) is 5.56 Å². The smallest absolute Gasteiger partial charge is 0.168 e. The second-order valence-corrected chi connectivity index (χ2v) is 5.26. The number of methoxy groups -OCH3 is 1.